The van der Waals surface area contributed by atoms with Crippen LogP contribution in [0.25, 0.3) is 0 Å². The quantitative estimate of drug-likeness (QED) is 0.728. The van der Waals surface area contributed by atoms with Gasteiger partial charge >= 0.3 is 11.9 Å². The highest BCUT2D eigenvalue weighted by atomic mass is 16.5. The van der Waals surface area contributed by atoms with E-state index in [2.05, 4.69) is 6.92 Å². The molecule has 0 saturated heterocycles. The van der Waals surface area contributed by atoms with Gasteiger partial charge in [-0.2, -0.15) is 0 Å². The fraction of sp³-hybridized carbons (Fsp3) is 0.714. The number of hydrogen-bond donors (Lipinski definition) is 2. The van der Waals surface area contributed by atoms with E-state index in [1.54, 1.807) is 6.08 Å². The molecule has 0 aromatic rings. The summed E-state index contributed by atoms with van der Waals surface area (Å²) in [5, 5.41) is 21.9. The zero-order valence-electron chi connectivity index (χ0n) is 16.5. The number of carbonyl (C=O) groups excluding carboxylic acids is 2. The van der Waals surface area contributed by atoms with Crippen LogP contribution >= 0.6 is 0 Å². The first-order chi connectivity index (χ1) is 12.7. The molecular weight excluding hydrogens is 348 g/mol. The van der Waals surface area contributed by atoms with Crippen molar-refractivity contribution in [1.29, 1.82) is 0 Å². The van der Waals surface area contributed by atoms with Gasteiger partial charge in [0.1, 0.15) is 6.61 Å². The zero-order valence-corrected chi connectivity index (χ0v) is 16.5. The summed E-state index contributed by atoms with van der Waals surface area (Å²) >= 11 is 0. The van der Waals surface area contributed by atoms with Crippen LogP contribution in [0.4, 0.5) is 0 Å². The number of hydrogen-bond acceptors (Lipinski definition) is 6. The van der Waals surface area contributed by atoms with E-state index >= 15 is 0 Å². The van der Waals surface area contributed by atoms with Crippen LogP contribution in [0.1, 0.15) is 46.5 Å². The number of rotatable bonds is 4. The number of cyclic esters (lactones) is 1. The van der Waals surface area contributed by atoms with Crippen molar-refractivity contribution in [2.24, 2.45) is 22.7 Å². The van der Waals surface area contributed by atoms with E-state index in [-0.39, 0.29) is 23.2 Å². The van der Waals surface area contributed by atoms with Gasteiger partial charge in [0, 0.05) is 17.1 Å². The van der Waals surface area contributed by atoms with Crippen molar-refractivity contribution in [3.05, 3.63) is 23.3 Å². The standard InChI is InChI=1S/C21H30O6/c1-12-17(23)18(24)21(3)14(19(25)26-4)6-5-7-15(21)20(12,2)9-8-13-10-16(22)27-11-13/h6,10,12,15,17-18,23-24H,5,7-9,11H2,1-4H3. The summed E-state index contributed by atoms with van der Waals surface area (Å²) in [5.74, 6) is -0.888. The predicted octanol–water partition coefficient (Wildman–Crippen LogP) is 2.14. The van der Waals surface area contributed by atoms with Crippen LogP contribution in [-0.2, 0) is 19.1 Å². The molecule has 27 heavy (non-hydrogen) atoms. The molecule has 1 heterocycles. The molecule has 3 rings (SSSR count). The summed E-state index contributed by atoms with van der Waals surface area (Å²) in [4.78, 5) is 23.8. The van der Waals surface area contributed by atoms with Gasteiger partial charge in [-0.3, -0.25) is 0 Å². The first-order valence-corrected chi connectivity index (χ1v) is 9.67. The average Bonchev–Trinajstić information content (AvgIpc) is 3.08. The second-order valence-corrected chi connectivity index (χ2v) is 8.66. The number of aliphatic hydroxyl groups is 2. The monoisotopic (exact) mass is 378 g/mol. The van der Waals surface area contributed by atoms with Crippen LogP contribution in [0.15, 0.2) is 23.3 Å². The molecule has 1 saturated carbocycles. The van der Waals surface area contributed by atoms with E-state index in [9.17, 15) is 19.8 Å². The molecule has 0 radical (unpaired) electrons. The molecule has 0 aromatic heterocycles. The summed E-state index contributed by atoms with van der Waals surface area (Å²) in [6.07, 6.45) is 4.41. The Hall–Kier alpha value is -1.66. The van der Waals surface area contributed by atoms with Gasteiger partial charge < -0.3 is 19.7 Å². The zero-order chi connectivity index (χ0) is 20.0. The average molecular weight is 378 g/mol. The smallest absolute Gasteiger partial charge is 0.334 e. The van der Waals surface area contributed by atoms with E-state index in [0.29, 0.717) is 18.6 Å². The first kappa shape index (κ1) is 20.1. The van der Waals surface area contributed by atoms with Gasteiger partial charge in [0.05, 0.1) is 19.3 Å². The Kier molecular flexibility index (Phi) is 5.25. The molecular formula is C21H30O6. The summed E-state index contributed by atoms with van der Waals surface area (Å²) in [7, 11) is 1.34. The van der Waals surface area contributed by atoms with Gasteiger partial charge in [0.2, 0.25) is 0 Å². The summed E-state index contributed by atoms with van der Waals surface area (Å²) in [6, 6.07) is 0. The van der Waals surface area contributed by atoms with Crippen molar-refractivity contribution >= 4 is 11.9 Å². The third-order valence-corrected chi connectivity index (χ3v) is 7.51. The molecule has 6 unspecified atom stereocenters. The van der Waals surface area contributed by atoms with Crippen molar-refractivity contribution in [2.45, 2.75) is 58.7 Å². The van der Waals surface area contributed by atoms with E-state index in [1.807, 2.05) is 19.9 Å². The predicted molar refractivity (Wildman–Crippen MR) is 98.5 cm³/mol. The van der Waals surface area contributed by atoms with Gasteiger partial charge in [0.25, 0.3) is 0 Å². The highest BCUT2D eigenvalue weighted by molar-refractivity contribution is 5.90. The molecule has 6 atom stereocenters. The summed E-state index contributed by atoms with van der Waals surface area (Å²) in [5.41, 5.74) is 0.232. The fourth-order valence-corrected chi connectivity index (χ4v) is 5.62. The maximum Gasteiger partial charge on any atom is 0.334 e. The normalized spacial score (nSPS) is 41.3. The maximum absolute atomic E-state index is 12.4. The van der Waals surface area contributed by atoms with Gasteiger partial charge in [-0.1, -0.05) is 26.8 Å². The Morgan fingerprint density at radius 1 is 1.37 bits per heavy atom. The molecule has 2 aliphatic carbocycles. The topological polar surface area (TPSA) is 93.1 Å². The number of esters is 2. The second kappa shape index (κ2) is 7.06. The lowest BCUT2D eigenvalue weighted by molar-refractivity contribution is -0.194. The molecule has 6 nitrogen and oxygen atoms in total. The molecule has 1 aliphatic heterocycles. The molecule has 0 bridgehead atoms. The van der Waals surface area contributed by atoms with E-state index in [1.165, 1.54) is 7.11 Å². The van der Waals surface area contributed by atoms with Gasteiger partial charge in [-0.25, -0.2) is 9.59 Å². The Labute approximate surface area is 160 Å². The third-order valence-electron chi connectivity index (χ3n) is 7.51. The second-order valence-electron chi connectivity index (χ2n) is 8.66. The Balaban J connectivity index is 1.96. The van der Waals surface area contributed by atoms with Crippen LogP contribution in [0.5, 0.6) is 0 Å². The Bertz CT molecular complexity index is 695. The maximum atomic E-state index is 12.4. The summed E-state index contributed by atoms with van der Waals surface area (Å²) < 4.78 is 9.97. The summed E-state index contributed by atoms with van der Waals surface area (Å²) in [6.45, 7) is 6.30. The van der Waals surface area contributed by atoms with Crippen LogP contribution in [0.2, 0.25) is 0 Å². The highest BCUT2D eigenvalue weighted by Crippen LogP contribution is 2.62. The number of ether oxygens (including phenoxy) is 2. The van der Waals surface area contributed by atoms with Gasteiger partial charge in [0.15, 0.2) is 0 Å². The van der Waals surface area contributed by atoms with Crippen molar-refractivity contribution in [1.82, 2.24) is 0 Å². The minimum Gasteiger partial charge on any atom is -0.466 e. The lowest BCUT2D eigenvalue weighted by Gasteiger charge is -2.61. The van der Waals surface area contributed by atoms with Crippen LogP contribution in [0.3, 0.4) is 0 Å². The first-order valence-electron chi connectivity index (χ1n) is 9.67. The van der Waals surface area contributed by atoms with E-state index < -0.39 is 23.6 Å². The number of aliphatic hydroxyl groups excluding tert-OH is 2. The van der Waals surface area contributed by atoms with Gasteiger partial charge in [-0.05, 0) is 48.5 Å². The van der Waals surface area contributed by atoms with Crippen molar-refractivity contribution in [2.75, 3.05) is 13.7 Å². The number of methoxy groups -OCH3 is 1. The molecule has 0 aromatic carbocycles. The minimum absolute atomic E-state index is 0.0103. The van der Waals surface area contributed by atoms with E-state index in [0.717, 1.165) is 24.8 Å². The minimum atomic E-state index is -1.04. The SMILES string of the molecule is COC(=O)C1=CCCC2C(C)(CCC3=CC(=O)OC3)C(C)C(O)C(O)C12C. The third kappa shape index (κ3) is 3.03. The lowest BCUT2D eigenvalue weighted by atomic mass is 9.45. The largest absolute Gasteiger partial charge is 0.466 e. The molecule has 0 spiro atoms. The Morgan fingerprint density at radius 2 is 2.07 bits per heavy atom. The van der Waals surface area contributed by atoms with Gasteiger partial charge in [-0.15, -0.1) is 0 Å². The molecule has 3 aliphatic rings. The lowest BCUT2D eigenvalue weighted by Crippen LogP contribution is -2.63. The molecule has 150 valence electrons. The molecule has 0 amide bonds. The van der Waals surface area contributed by atoms with Crippen LogP contribution < -0.4 is 0 Å². The van der Waals surface area contributed by atoms with Crippen LogP contribution in [0, 0.1) is 22.7 Å². The van der Waals surface area contributed by atoms with Crippen LogP contribution in [-0.4, -0.2) is 48.1 Å². The molecule has 2 N–H and O–H groups in total. The van der Waals surface area contributed by atoms with E-state index in [4.69, 9.17) is 9.47 Å². The van der Waals surface area contributed by atoms with Crippen molar-refractivity contribution in [3.8, 4) is 0 Å². The number of allylic oxidation sites excluding steroid dienone is 1. The fourth-order valence-electron chi connectivity index (χ4n) is 5.62. The molecule has 1 fully saturated rings. The van der Waals surface area contributed by atoms with Crippen molar-refractivity contribution < 1.29 is 29.3 Å². The molecule has 6 heteroatoms. The highest BCUT2D eigenvalue weighted by Gasteiger charge is 2.62. The van der Waals surface area contributed by atoms with Crippen molar-refractivity contribution in [3.63, 3.8) is 0 Å². The Morgan fingerprint density at radius 3 is 2.67 bits per heavy atom. The number of fused-ring (bicyclic) bond motifs is 1. The number of carbonyl (C=O) groups is 2.